The molecule has 1 saturated heterocycles. The van der Waals surface area contributed by atoms with E-state index in [2.05, 4.69) is 25.4 Å². The number of hydrogen-bond donors (Lipinski definition) is 2. The molecule has 2 N–H and O–H groups in total. The zero-order valence-corrected chi connectivity index (χ0v) is 28.4. The molecular formula is C34H31ClF3N9O5. The minimum atomic E-state index is -4.61. The third-order valence-electron chi connectivity index (χ3n) is 8.99. The third-order valence-corrected chi connectivity index (χ3v) is 9.30. The summed E-state index contributed by atoms with van der Waals surface area (Å²) >= 11 is 6.12. The Bertz CT molecular complexity index is 2320. The van der Waals surface area contributed by atoms with Crippen molar-refractivity contribution in [3.63, 3.8) is 0 Å². The summed E-state index contributed by atoms with van der Waals surface area (Å²) in [5.74, 6) is -1.04. The molecule has 0 spiro atoms. The van der Waals surface area contributed by atoms with Gasteiger partial charge in [0.1, 0.15) is 17.7 Å². The lowest BCUT2D eigenvalue weighted by molar-refractivity contribution is -0.137. The molecule has 0 aliphatic carbocycles. The number of pyridine rings is 2. The number of alkyl halides is 3. The first kappa shape index (κ1) is 34.9. The molecular weight excluding hydrogens is 707 g/mol. The van der Waals surface area contributed by atoms with E-state index < -0.39 is 29.1 Å². The van der Waals surface area contributed by atoms with Crippen LogP contribution in [0.5, 0.6) is 5.75 Å². The third kappa shape index (κ3) is 6.52. The highest BCUT2D eigenvalue weighted by Crippen LogP contribution is 2.34. The van der Waals surface area contributed by atoms with Crippen LogP contribution in [0, 0.1) is 0 Å². The molecule has 0 bridgehead atoms. The maximum atomic E-state index is 14.2. The number of hydrogen-bond acceptors (Lipinski definition) is 10. The maximum absolute atomic E-state index is 14.2. The minimum absolute atomic E-state index is 0.0203. The number of anilines is 2. The Morgan fingerprint density at radius 1 is 1.12 bits per heavy atom. The highest BCUT2D eigenvalue weighted by molar-refractivity contribution is 6.33. The number of amides is 2. The number of nitrogens with one attached hydrogen (secondary N) is 1. The van der Waals surface area contributed by atoms with Crippen LogP contribution >= 0.6 is 11.6 Å². The Labute approximate surface area is 298 Å². The molecule has 18 heteroatoms. The molecule has 0 atom stereocenters. The molecule has 1 fully saturated rings. The maximum Gasteiger partial charge on any atom is 0.416 e. The van der Waals surface area contributed by atoms with Crippen LogP contribution in [-0.2, 0) is 28.7 Å². The van der Waals surface area contributed by atoms with Crippen molar-refractivity contribution in [3.8, 4) is 5.75 Å². The van der Waals surface area contributed by atoms with Crippen molar-refractivity contribution in [1.82, 2.24) is 34.0 Å². The molecule has 2 amide bonds. The van der Waals surface area contributed by atoms with Crippen molar-refractivity contribution in [3.05, 3.63) is 87.0 Å². The molecule has 5 aromatic rings. The van der Waals surface area contributed by atoms with Gasteiger partial charge in [0.05, 0.1) is 35.2 Å². The van der Waals surface area contributed by atoms with E-state index in [0.29, 0.717) is 36.5 Å². The number of nitrogens with zero attached hydrogens (tertiary/aromatic N) is 8. The molecule has 270 valence electrons. The lowest BCUT2D eigenvalue weighted by Gasteiger charge is -2.36. The average molecular weight is 738 g/mol. The van der Waals surface area contributed by atoms with Crippen LogP contribution in [-0.4, -0.2) is 90.3 Å². The monoisotopic (exact) mass is 737 g/mol. The van der Waals surface area contributed by atoms with Gasteiger partial charge in [0, 0.05) is 44.0 Å². The summed E-state index contributed by atoms with van der Waals surface area (Å²) in [4.78, 5) is 57.6. The smallest absolute Gasteiger partial charge is 0.416 e. The number of carbonyl (C=O) groups is 2. The van der Waals surface area contributed by atoms with Crippen LogP contribution in [0.1, 0.15) is 40.9 Å². The number of rotatable bonds is 7. The topological polar surface area (TPSA) is 160 Å². The van der Waals surface area contributed by atoms with Gasteiger partial charge in [0.2, 0.25) is 11.7 Å². The van der Waals surface area contributed by atoms with Gasteiger partial charge in [-0.3, -0.25) is 19.4 Å². The van der Waals surface area contributed by atoms with Gasteiger partial charge in [-0.25, -0.2) is 4.98 Å². The van der Waals surface area contributed by atoms with Gasteiger partial charge < -0.3 is 29.5 Å². The normalized spacial score (nSPS) is 15.3. The predicted molar refractivity (Wildman–Crippen MR) is 184 cm³/mol. The van der Waals surface area contributed by atoms with E-state index in [9.17, 15) is 32.7 Å². The number of halogens is 4. The summed E-state index contributed by atoms with van der Waals surface area (Å²) in [5.41, 5.74) is 0.172. The number of aromatic nitrogens is 6. The zero-order chi connectivity index (χ0) is 36.7. The van der Waals surface area contributed by atoms with E-state index in [4.69, 9.17) is 16.3 Å². The Morgan fingerprint density at radius 2 is 1.90 bits per heavy atom. The first-order chi connectivity index (χ1) is 24.9. The Balaban J connectivity index is 1.21. The van der Waals surface area contributed by atoms with Crippen molar-refractivity contribution < 1.29 is 32.6 Å². The van der Waals surface area contributed by atoms with Crippen LogP contribution in [0.2, 0.25) is 5.02 Å². The first-order valence-electron chi connectivity index (χ1n) is 16.4. The van der Waals surface area contributed by atoms with E-state index >= 15 is 0 Å². The van der Waals surface area contributed by atoms with E-state index in [1.807, 2.05) is 17.9 Å². The fourth-order valence-electron chi connectivity index (χ4n) is 6.39. The fourth-order valence-corrected chi connectivity index (χ4v) is 6.62. The van der Waals surface area contributed by atoms with E-state index in [1.54, 1.807) is 16.7 Å². The molecule has 1 aromatic carbocycles. The Kier molecular flexibility index (Phi) is 9.31. The second-order valence-corrected chi connectivity index (χ2v) is 12.6. The molecule has 52 heavy (non-hydrogen) atoms. The van der Waals surface area contributed by atoms with Gasteiger partial charge in [0.15, 0.2) is 17.3 Å². The minimum Gasteiger partial charge on any atom is -0.504 e. The molecule has 2 aliphatic rings. The van der Waals surface area contributed by atoms with E-state index in [1.165, 1.54) is 17.3 Å². The second-order valence-electron chi connectivity index (χ2n) is 12.2. The number of carbonyl (C=O) groups excluding carboxylic acids is 2. The van der Waals surface area contributed by atoms with Crippen LogP contribution in [0.15, 0.2) is 53.6 Å². The van der Waals surface area contributed by atoms with E-state index in [-0.39, 0.29) is 78.3 Å². The Hall–Kier alpha value is -5.55. The molecule has 2 aliphatic heterocycles. The summed E-state index contributed by atoms with van der Waals surface area (Å²) in [6, 6.07) is 6.05. The number of aromatic hydroxyl groups is 1. The van der Waals surface area contributed by atoms with Crippen molar-refractivity contribution in [2.45, 2.75) is 32.5 Å². The summed E-state index contributed by atoms with van der Waals surface area (Å²) in [5, 5.41) is 18.2. The number of ether oxygens (including phenoxy) is 1. The zero-order valence-electron chi connectivity index (χ0n) is 27.7. The molecule has 0 saturated carbocycles. The van der Waals surface area contributed by atoms with Crippen LogP contribution in [0.4, 0.5) is 24.5 Å². The van der Waals surface area contributed by atoms with Crippen molar-refractivity contribution >= 4 is 57.0 Å². The van der Waals surface area contributed by atoms with Gasteiger partial charge in [-0.1, -0.05) is 24.6 Å². The van der Waals surface area contributed by atoms with Crippen molar-refractivity contribution in [2.24, 2.45) is 0 Å². The molecule has 14 nitrogen and oxygen atoms in total. The summed E-state index contributed by atoms with van der Waals surface area (Å²) in [6.45, 7) is 3.05. The Morgan fingerprint density at radius 3 is 2.60 bits per heavy atom. The molecule has 6 heterocycles. The average Bonchev–Trinajstić information content (AvgIpc) is 3.60. The molecule has 4 aromatic heterocycles. The van der Waals surface area contributed by atoms with Gasteiger partial charge >= 0.3 is 6.18 Å². The number of benzene rings is 1. The van der Waals surface area contributed by atoms with Crippen LogP contribution in [0.3, 0.4) is 0 Å². The SMILES string of the molecule is CCc1c(N2CCN(C(=O)c3ncc4cccnc4c3O)CC2)c(=O)n2nc(C3=CCOCC3)nc2n1CC(=O)Nc1ccc(C(F)(F)F)cc1Cl. The second kappa shape index (κ2) is 13.9. The van der Waals surface area contributed by atoms with Gasteiger partial charge in [0.25, 0.3) is 11.5 Å². The van der Waals surface area contributed by atoms with E-state index in [0.717, 1.165) is 28.3 Å². The number of fused-ring (bicyclic) bond motifs is 2. The molecule has 0 radical (unpaired) electrons. The van der Waals surface area contributed by atoms with Gasteiger partial charge in [-0.15, -0.1) is 5.10 Å². The standard InChI is InChI=1S/C34H31ClF3N9O5/c1-2-24-28(44-10-12-45(13-11-44)31(50)27-29(49)26-20(17-40-27)4-3-9-39-26)32(51)47-33(42-30(43-47)19-7-14-52-15-8-19)46(24)18-25(48)41-23-6-5-21(16-22(23)35)34(36,37)38/h3-7,9,16-17,49H,2,8,10-15,18H2,1H3,(H,41,48). The molecule has 0 unspecified atom stereocenters. The fraction of sp³-hybridized carbons (Fsp3) is 0.324. The number of piperazine rings is 1. The van der Waals surface area contributed by atoms with Crippen molar-refractivity contribution in [2.75, 3.05) is 49.6 Å². The first-order valence-corrected chi connectivity index (χ1v) is 16.8. The van der Waals surface area contributed by atoms with Crippen LogP contribution in [0.25, 0.3) is 22.3 Å². The van der Waals surface area contributed by atoms with Crippen LogP contribution < -0.4 is 15.8 Å². The molecule has 7 rings (SSSR count). The summed E-state index contributed by atoms with van der Waals surface area (Å²) in [7, 11) is 0. The summed E-state index contributed by atoms with van der Waals surface area (Å²) < 4.78 is 47.7. The summed E-state index contributed by atoms with van der Waals surface area (Å²) in [6.07, 6.45) is 0.991. The predicted octanol–water partition coefficient (Wildman–Crippen LogP) is 4.18. The highest BCUT2D eigenvalue weighted by atomic mass is 35.5. The van der Waals surface area contributed by atoms with Gasteiger partial charge in [-0.2, -0.15) is 22.7 Å². The van der Waals surface area contributed by atoms with Gasteiger partial charge in [-0.05, 0) is 48.7 Å². The largest absolute Gasteiger partial charge is 0.504 e. The van der Waals surface area contributed by atoms with Crippen molar-refractivity contribution in [1.29, 1.82) is 0 Å². The highest BCUT2D eigenvalue weighted by Gasteiger charge is 2.32. The quantitative estimate of drug-likeness (QED) is 0.248. The lowest BCUT2D eigenvalue weighted by atomic mass is 10.1. The lowest BCUT2D eigenvalue weighted by Crippen LogP contribution is -2.51.